The zero-order valence-electron chi connectivity index (χ0n) is 9.84. The van der Waals surface area contributed by atoms with Crippen molar-refractivity contribution in [3.8, 4) is 11.5 Å². The minimum absolute atomic E-state index is 0.141. The fraction of sp³-hybridized carbons (Fsp3) is 0.0769. The van der Waals surface area contributed by atoms with Gasteiger partial charge in [0.1, 0.15) is 5.75 Å². The van der Waals surface area contributed by atoms with Gasteiger partial charge in [-0.05, 0) is 24.3 Å². The molecule has 0 radical (unpaired) electrons. The summed E-state index contributed by atoms with van der Waals surface area (Å²) in [5.74, 6) is -1.36. The topological polar surface area (TPSA) is 35.2 Å². The van der Waals surface area contributed by atoms with Gasteiger partial charge in [-0.3, -0.25) is 0 Å². The Hall–Kier alpha value is -1.95. The van der Waals surface area contributed by atoms with Crippen LogP contribution in [0.1, 0.15) is 5.56 Å². The van der Waals surface area contributed by atoms with Crippen LogP contribution in [0.5, 0.6) is 11.5 Å². The van der Waals surface area contributed by atoms with Gasteiger partial charge in [0.2, 0.25) is 0 Å². The molecule has 0 aromatic heterocycles. The summed E-state index contributed by atoms with van der Waals surface area (Å²) < 4.78 is 56.6. The second kappa shape index (κ2) is 5.20. The third-order valence-corrected chi connectivity index (χ3v) is 2.69. The normalized spacial score (nSPS) is 11.4. The van der Waals surface area contributed by atoms with Gasteiger partial charge in [0, 0.05) is 11.8 Å². The summed E-state index contributed by atoms with van der Waals surface area (Å²) in [5.41, 5.74) is 4.26. The van der Waals surface area contributed by atoms with E-state index < -0.39 is 17.6 Å². The van der Waals surface area contributed by atoms with Gasteiger partial charge in [-0.2, -0.15) is 13.2 Å². The van der Waals surface area contributed by atoms with Crippen LogP contribution >= 0.6 is 11.6 Å². The lowest BCUT2D eigenvalue weighted by Crippen LogP contribution is -2.06. The SMILES string of the molecule is Nc1cc(Oc2cccc(Cl)c2F)cc(C(F)(F)F)c1. The van der Waals surface area contributed by atoms with E-state index in [1.54, 1.807) is 0 Å². The molecule has 2 rings (SSSR count). The zero-order chi connectivity index (χ0) is 14.9. The molecule has 0 aliphatic rings. The van der Waals surface area contributed by atoms with Crippen molar-refractivity contribution in [2.75, 3.05) is 5.73 Å². The number of hydrogen-bond acceptors (Lipinski definition) is 2. The van der Waals surface area contributed by atoms with E-state index in [4.69, 9.17) is 22.1 Å². The van der Waals surface area contributed by atoms with Gasteiger partial charge in [-0.15, -0.1) is 0 Å². The fourth-order valence-corrected chi connectivity index (χ4v) is 1.70. The Morgan fingerprint density at radius 3 is 2.45 bits per heavy atom. The molecule has 0 saturated carbocycles. The molecule has 0 amide bonds. The second-order valence-electron chi connectivity index (χ2n) is 3.94. The van der Waals surface area contributed by atoms with Crippen molar-refractivity contribution < 1.29 is 22.3 Å². The number of benzene rings is 2. The number of hydrogen-bond donors (Lipinski definition) is 1. The van der Waals surface area contributed by atoms with E-state index in [9.17, 15) is 17.6 Å². The van der Waals surface area contributed by atoms with Crippen LogP contribution in [-0.2, 0) is 6.18 Å². The predicted octanol–water partition coefficient (Wildman–Crippen LogP) is 4.87. The highest BCUT2D eigenvalue weighted by Gasteiger charge is 2.31. The third-order valence-electron chi connectivity index (χ3n) is 2.40. The van der Waals surface area contributed by atoms with Crippen molar-refractivity contribution in [3.05, 3.63) is 52.8 Å². The zero-order valence-corrected chi connectivity index (χ0v) is 10.6. The van der Waals surface area contributed by atoms with E-state index in [0.717, 1.165) is 18.2 Å². The Morgan fingerprint density at radius 2 is 1.80 bits per heavy atom. The highest BCUT2D eigenvalue weighted by Crippen LogP contribution is 2.35. The van der Waals surface area contributed by atoms with E-state index in [-0.39, 0.29) is 22.2 Å². The monoisotopic (exact) mass is 305 g/mol. The molecule has 0 fully saturated rings. The quantitative estimate of drug-likeness (QED) is 0.634. The molecule has 2 aromatic carbocycles. The van der Waals surface area contributed by atoms with Gasteiger partial charge in [0.05, 0.1) is 10.6 Å². The Morgan fingerprint density at radius 1 is 1.10 bits per heavy atom. The maximum atomic E-state index is 13.6. The molecule has 0 saturated heterocycles. The van der Waals surface area contributed by atoms with Crippen LogP contribution in [0.3, 0.4) is 0 Å². The summed E-state index contributed by atoms with van der Waals surface area (Å²) in [6.45, 7) is 0. The maximum absolute atomic E-state index is 13.6. The smallest absolute Gasteiger partial charge is 0.416 e. The lowest BCUT2D eigenvalue weighted by Gasteiger charge is -2.12. The highest BCUT2D eigenvalue weighted by atomic mass is 35.5. The van der Waals surface area contributed by atoms with Gasteiger partial charge in [-0.1, -0.05) is 17.7 Å². The van der Waals surface area contributed by atoms with Gasteiger partial charge < -0.3 is 10.5 Å². The number of alkyl halides is 3. The molecule has 0 aliphatic carbocycles. The van der Waals surface area contributed by atoms with Gasteiger partial charge in [0.15, 0.2) is 11.6 Å². The van der Waals surface area contributed by atoms with Crippen molar-refractivity contribution in [1.82, 2.24) is 0 Å². The van der Waals surface area contributed by atoms with Crippen molar-refractivity contribution in [2.45, 2.75) is 6.18 Å². The van der Waals surface area contributed by atoms with E-state index in [2.05, 4.69) is 0 Å². The largest absolute Gasteiger partial charge is 0.454 e. The summed E-state index contributed by atoms with van der Waals surface area (Å²) in [7, 11) is 0. The van der Waals surface area contributed by atoms with Gasteiger partial charge >= 0.3 is 6.18 Å². The molecule has 2 aromatic rings. The van der Waals surface area contributed by atoms with Crippen LogP contribution < -0.4 is 10.5 Å². The Bertz CT molecular complexity index is 643. The molecule has 0 atom stereocenters. The molecule has 0 spiro atoms. The molecule has 2 N–H and O–H groups in total. The Labute approximate surface area is 116 Å². The summed E-state index contributed by atoms with van der Waals surface area (Å²) in [6, 6.07) is 6.62. The Kier molecular flexibility index (Phi) is 3.76. The number of anilines is 1. The van der Waals surface area contributed by atoms with Crippen LogP contribution in [0.2, 0.25) is 5.02 Å². The fourth-order valence-electron chi connectivity index (χ4n) is 1.53. The molecular formula is C13H8ClF4NO. The number of halogens is 5. The Balaban J connectivity index is 2.39. The molecular weight excluding hydrogens is 298 g/mol. The molecule has 20 heavy (non-hydrogen) atoms. The molecule has 7 heteroatoms. The summed E-state index contributed by atoms with van der Waals surface area (Å²) in [4.78, 5) is 0. The summed E-state index contributed by atoms with van der Waals surface area (Å²) in [6.07, 6.45) is -4.57. The van der Waals surface area contributed by atoms with Crippen LogP contribution in [-0.4, -0.2) is 0 Å². The first-order valence-electron chi connectivity index (χ1n) is 5.37. The van der Waals surface area contributed by atoms with E-state index in [1.807, 2.05) is 0 Å². The minimum atomic E-state index is -4.57. The predicted molar refractivity (Wildman–Crippen MR) is 67.3 cm³/mol. The van der Waals surface area contributed by atoms with Gasteiger partial charge in [-0.25, -0.2) is 4.39 Å². The molecule has 0 aliphatic heterocycles. The standard InChI is InChI=1S/C13H8ClF4NO/c14-10-2-1-3-11(12(10)15)20-9-5-7(13(16,17)18)4-8(19)6-9/h1-6H,19H2. The number of nitrogen functional groups attached to an aromatic ring is 1. The van der Waals surface area contributed by atoms with Crippen molar-refractivity contribution in [1.29, 1.82) is 0 Å². The average Bonchev–Trinajstić information content (AvgIpc) is 2.33. The molecule has 0 bridgehead atoms. The van der Waals surface area contributed by atoms with Crippen LogP contribution in [0.15, 0.2) is 36.4 Å². The number of rotatable bonds is 2. The van der Waals surface area contributed by atoms with Crippen molar-refractivity contribution in [2.24, 2.45) is 0 Å². The van der Waals surface area contributed by atoms with Gasteiger partial charge in [0.25, 0.3) is 0 Å². The van der Waals surface area contributed by atoms with Crippen LogP contribution in [0.25, 0.3) is 0 Å². The first kappa shape index (κ1) is 14.5. The van der Waals surface area contributed by atoms with E-state index in [1.165, 1.54) is 18.2 Å². The summed E-state index contributed by atoms with van der Waals surface area (Å²) >= 11 is 5.56. The molecule has 0 unspecified atom stereocenters. The third kappa shape index (κ3) is 3.14. The lowest BCUT2D eigenvalue weighted by molar-refractivity contribution is -0.137. The van der Waals surface area contributed by atoms with Crippen LogP contribution in [0, 0.1) is 5.82 Å². The van der Waals surface area contributed by atoms with Crippen LogP contribution in [0.4, 0.5) is 23.2 Å². The first-order valence-corrected chi connectivity index (χ1v) is 5.75. The molecule has 0 heterocycles. The maximum Gasteiger partial charge on any atom is 0.416 e. The highest BCUT2D eigenvalue weighted by molar-refractivity contribution is 6.30. The van der Waals surface area contributed by atoms with Crippen molar-refractivity contribution >= 4 is 17.3 Å². The second-order valence-corrected chi connectivity index (χ2v) is 4.35. The lowest BCUT2D eigenvalue weighted by atomic mass is 10.2. The first-order chi connectivity index (χ1) is 9.27. The van der Waals surface area contributed by atoms with E-state index >= 15 is 0 Å². The average molecular weight is 306 g/mol. The van der Waals surface area contributed by atoms with Crippen molar-refractivity contribution in [3.63, 3.8) is 0 Å². The number of ether oxygens (including phenoxy) is 1. The van der Waals surface area contributed by atoms with E-state index in [0.29, 0.717) is 0 Å². The molecule has 106 valence electrons. The molecule has 2 nitrogen and oxygen atoms in total. The summed E-state index contributed by atoms with van der Waals surface area (Å²) in [5, 5.41) is -0.192. The minimum Gasteiger partial charge on any atom is -0.454 e. The number of nitrogens with two attached hydrogens (primary N) is 1.